The van der Waals surface area contributed by atoms with Crippen molar-refractivity contribution in [3.63, 3.8) is 0 Å². The summed E-state index contributed by atoms with van der Waals surface area (Å²) in [5.74, 6) is -2.61. The van der Waals surface area contributed by atoms with Crippen molar-refractivity contribution in [1.29, 1.82) is 0 Å². The van der Waals surface area contributed by atoms with Crippen molar-refractivity contribution in [3.05, 3.63) is 35.9 Å². The summed E-state index contributed by atoms with van der Waals surface area (Å²) in [6.45, 7) is 6.86. The predicted molar refractivity (Wildman–Crippen MR) is 127 cm³/mol. The van der Waals surface area contributed by atoms with Crippen LogP contribution in [0.3, 0.4) is 0 Å². The van der Waals surface area contributed by atoms with Gasteiger partial charge in [-0.3, -0.25) is 19.5 Å². The lowest BCUT2D eigenvalue weighted by molar-refractivity contribution is -0.156. The molecule has 0 unspecified atom stereocenters. The zero-order valence-electron chi connectivity index (χ0n) is 20.4. The number of pyridine rings is 1. The number of H-pyrrole nitrogens is 1. The summed E-state index contributed by atoms with van der Waals surface area (Å²) in [4.78, 5) is 41.0. The largest absolute Gasteiger partial charge is 0.480 e. The summed E-state index contributed by atoms with van der Waals surface area (Å²) in [6.07, 6.45) is 1.36. The van der Waals surface area contributed by atoms with E-state index in [9.17, 15) is 18.8 Å². The molecule has 0 saturated heterocycles. The van der Waals surface area contributed by atoms with Crippen LogP contribution in [0.1, 0.15) is 44.6 Å². The van der Waals surface area contributed by atoms with E-state index in [1.54, 1.807) is 39.8 Å². The van der Waals surface area contributed by atoms with E-state index in [0.29, 0.717) is 16.6 Å². The Balaban J connectivity index is 1.87. The highest BCUT2D eigenvalue weighted by Gasteiger charge is 2.24. The Morgan fingerprint density at radius 3 is 2.51 bits per heavy atom. The lowest BCUT2D eigenvalue weighted by Crippen LogP contribution is -2.28. The number of aromatic amines is 1. The number of carbonyl (C=O) groups is 3. The highest BCUT2D eigenvalue weighted by molar-refractivity contribution is 6.05. The predicted octanol–water partition coefficient (Wildman–Crippen LogP) is 3.44. The van der Waals surface area contributed by atoms with E-state index in [4.69, 9.17) is 9.47 Å². The zero-order valence-corrected chi connectivity index (χ0v) is 20.4. The van der Waals surface area contributed by atoms with Crippen LogP contribution in [-0.2, 0) is 14.3 Å². The van der Waals surface area contributed by atoms with E-state index >= 15 is 0 Å². The number of esters is 1. The van der Waals surface area contributed by atoms with E-state index in [2.05, 4.69) is 25.8 Å². The van der Waals surface area contributed by atoms with Crippen molar-refractivity contribution >= 4 is 34.4 Å². The number of ether oxygens (including phenoxy) is 2. The van der Waals surface area contributed by atoms with E-state index in [-0.39, 0.29) is 29.1 Å². The summed E-state index contributed by atoms with van der Waals surface area (Å²) < 4.78 is 25.4. The van der Waals surface area contributed by atoms with Gasteiger partial charge in [0.2, 0.25) is 11.8 Å². The molecule has 3 rings (SSSR count). The number of benzene rings is 1. The molecule has 0 fully saturated rings. The quantitative estimate of drug-likeness (QED) is 0.436. The molecule has 0 radical (unpaired) electrons. The van der Waals surface area contributed by atoms with Crippen molar-refractivity contribution in [1.82, 2.24) is 20.5 Å². The summed E-state index contributed by atoms with van der Waals surface area (Å²) in [5.41, 5.74) is 0.799. The van der Waals surface area contributed by atoms with Crippen LogP contribution in [-0.4, -0.2) is 52.7 Å². The molecule has 11 heteroatoms. The fourth-order valence-electron chi connectivity index (χ4n) is 3.40. The van der Waals surface area contributed by atoms with Gasteiger partial charge >= 0.3 is 5.97 Å². The van der Waals surface area contributed by atoms with Crippen molar-refractivity contribution in [2.24, 2.45) is 5.92 Å². The van der Waals surface area contributed by atoms with Crippen LogP contribution >= 0.6 is 0 Å². The smallest absolute Gasteiger partial charge is 0.307 e. The summed E-state index contributed by atoms with van der Waals surface area (Å²) in [5, 5.41) is 11.8. The second kappa shape index (κ2) is 10.1. The Labute approximate surface area is 201 Å². The molecule has 2 amide bonds. The first-order chi connectivity index (χ1) is 16.4. The average Bonchev–Trinajstić information content (AvgIpc) is 3.21. The van der Waals surface area contributed by atoms with Gasteiger partial charge in [0.1, 0.15) is 17.1 Å². The van der Waals surface area contributed by atoms with Crippen molar-refractivity contribution in [2.75, 3.05) is 19.5 Å². The summed E-state index contributed by atoms with van der Waals surface area (Å²) in [7, 11) is 2.83. The second-order valence-electron chi connectivity index (χ2n) is 8.99. The van der Waals surface area contributed by atoms with Crippen LogP contribution in [0.25, 0.3) is 22.0 Å². The summed E-state index contributed by atoms with van der Waals surface area (Å²) >= 11 is 0. The molecular weight excluding hydrogens is 457 g/mol. The van der Waals surface area contributed by atoms with E-state index < -0.39 is 35.1 Å². The Kier molecular flexibility index (Phi) is 7.37. The van der Waals surface area contributed by atoms with Crippen molar-refractivity contribution in [3.8, 4) is 17.0 Å². The van der Waals surface area contributed by atoms with Gasteiger partial charge in [-0.2, -0.15) is 5.10 Å². The van der Waals surface area contributed by atoms with E-state index in [1.165, 1.54) is 26.4 Å². The number of methoxy groups -OCH3 is 1. The molecule has 0 aliphatic carbocycles. The lowest BCUT2D eigenvalue weighted by atomic mass is 10.0. The van der Waals surface area contributed by atoms with E-state index in [1.807, 2.05) is 0 Å². The maximum absolute atomic E-state index is 14.9. The maximum atomic E-state index is 14.9. The minimum absolute atomic E-state index is 0.0497. The molecule has 0 aliphatic rings. The Morgan fingerprint density at radius 2 is 1.89 bits per heavy atom. The Morgan fingerprint density at radius 1 is 1.17 bits per heavy atom. The van der Waals surface area contributed by atoms with Crippen LogP contribution < -0.4 is 15.4 Å². The molecule has 2 heterocycles. The SMILES string of the molecule is CNC(=O)c1n[nH]c2cc(-c3cnc(OC)c(NC(=O)[C@@H](C)CC(=O)OC(C)(C)C)c3)cc(F)c12. The number of amides is 2. The van der Waals surface area contributed by atoms with Gasteiger partial charge in [-0.25, -0.2) is 9.37 Å². The first-order valence-electron chi connectivity index (χ1n) is 10.9. The lowest BCUT2D eigenvalue weighted by Gasteiger charge is -2.21. The number of hydrogen-bond donors (Lipinski definition) is 3. The molecule has 35 heavy (non-hydrogen) atoms. The Bertz CT molecular complexity index is 1280. The number of fused-ring (bicyclic) bond motifs is 1. The third-order valence-electron chi connectivity index (χ3n) is 5.03. The molecule has 1 aromatic carbocycles. The number of halogens is 1. The normalized spacial score (nSPS) is 12.2. The highest BCUT2D eigenvalue weighted by Crippen LogP contribution is 2.32. The number of nitrogens with one attached hydrogen (secondary N) is 3. The molecular formula is C24H28FN5O5. The van der Waals surface area contributed by atoms with Gasteiger partial charge in [0.15, 0.2) is 5.69 Å². The second-order valence-corrected chi connectivity index (χ2v) is 8.99. The summed E-state index contributed by atoms with van der Waals surface area (Å²) in [6, 6.07) is 4.46. The minimum Gasteiger partial charge on any atom is -0.480 e. The van der Waals surface area contributed by atoms with Gasteiger partial charge in [-0.05, 0) is 44.5 Å². The van der Waals surface area contributed by atoms with Crippen molar-refractivity contribution in [2.45, 2.75) is 39.7 Å². The number of rotatable bonds is 7. The molecule has 1 atom stereocenters. The zero-order chi connectivity index (χ0) is 25.9. The van der Waals surface area contributed by atoms with Crippen LogP contribution in [0.4, 0.5) is 10.1 Å². The van der Waals surface area contributed by atoms with Gasteiger partial charge in [-0.1, -0.05) is 6.92 Å². The number of nitrogens with zero attached hydrogens (tertiary/aromatic N) is 2. The monoisotopic (exact) mass is 485 g/mol. The van der Waals surface area contributed by atoms with Gasteiger partial charge in [-0.15, -0.1) is 0 Å². The maximum Gasteiger partial charge on any atom is 0.307 e. The minimum atomic E-state index is -0.680. The molecule has 0 spiro atoms. The van der Waals surface area contributed by atoms with Crippen molar-refractivity contribution < 1.29 is 28.2 Å². The van der Waals surface area contributed by atoms with Crippen LogP contribution in [0.5, 0.6) is 5.88 Å². The number of carbonyl (C=O) groups excluding carboxylic acids is 3. The third-order valence-corrected chi connectivity index (χ3v) is 5.03. The number of anilines is 1. The van der Waals surface area contributed by atoms with Gasteiger partial charge in [0.05, 0.1) is 24.4 Å². The Hall–Kier alpha value is -4.02. The fourth-order valence-corrected chi connectivity index (χ4v) is 3.40. The van der Waals surface area contributed by atoms with Gasteiger partial charge < -0.3 is 20.1 Å². The van der Waals surface area contributed by atoms with Crippen LogP contribution in [0.2, 0.25) is 0 Å². The third kappa shape index (κ3) is 5.92. The molecule has 2 aromatic heterocycles. The average molecular weight is 486 g/mol. The number of hydrogen-bond acceptors (Lipinski definition) is 7. The van der Waals surface area contributed by atoms with Gasteiger partial charge in [0.25, 0.3) is 5.91 Å². The van der Waals surface area contributed by atoms with E-state index in [0.717, 1.165) is 0 Å². The molecule has 0 saturated carbocycles. The van der Waals surface area contributed by atoms with Crippen LogP contribution in [0, 0.1) is 11.7 Å². The molecule has 3 aromatic rings. The fraction of sp³-hybridized carbons (Fsp3) is 0.375. The standard InChI is InChI=1S/C24H28FN5O5/c1-12(7-18(31)35-24(2,3)4)21(32)28-17-10-14(11-27-23(17)34-6)13-8-15(25)19-16(9-13)29-30-20(19)22(33)26-5/h8-12H,7H2,1-6H3,(H,26,33)(H,28,32)(H,29,30)/t12-/m0/s1. The first-order valence-corrected chi connectivity index (χ1v) is 10.9. The van der Waals surface area contributed by atoms with Gasteiger partial charge in [0, 0.05) is 24.7 Å². The molecule has 0 bridgehead atoms. The molecule has 10 nitrogen and oxygen atoms in total. The van der Waals surface area contributed by atoms with Crippen LogP contribution in [0.15, 0.2) is 24.4 Å². The molecule has 3 N–H and O–H groups in total. The molecule has 0 aliphatic heterocycles. The topological polar surface area (TPSA) is 135 Å². The number of aromatic nitrogens is 3. The highest BCUT2D eigenvalue weighted by atomic mass is 19.1. The molecule has 186 valence electrons. The first kappa shape index (κ1) is 25.6.